The molecule has 0 aliphatic carbocycles. The molecule has 1 amide bonds. The van der Waals surface area contributed by atoms with Crippen molar-refractivity contribution in [3.05, 3.63) is 109 Å². The fourth-order valence-electron chi connectivity index (χ4n) is 3.07. The first-order valence-corrected chi connectivity index (χ1v) is 12.2. The minimum Gasteiger partial charge on any atom is -0.489 e. The molecular formula is C24H17Br2Cl2N3O2. The monoisotopic (exact) mass is 607 g/mol. The van der Waals surface area contributed by atoms with Crippen LogP contribution in [0.15, 0.2) is 81.9 Å². The number of anilines is 1. The lowest BCUT2D eigenvalue weighted by Gasteiger charge is -2.08. The largest absolute Gasteiger partial charge is 0.489 e. The molecule has 0 unspecified atom stereocenters. The van der Waals surface area contributed by atoms with Crippen LogP contribution >= 0.6 is 55.1 Å². The predicted molar refractivity (Wildman–Crippen MR) is 138 cm³/mol. The summed E-state index contributed by atoms with van der Waals surface area (Å²) in [6.45, 7) is 0.832. The Labute approximate surface area is 217 Å². The maximum atomic E-state index is 12.8. The minimum absolute atomic E-state index is 0.263. The fourth-order valence-corrected chi connectivity index (χ4v) is 4.07. The Hall–Kier alpha value is -2.32. The highest BCUT2D eigenvalue weighted by atomic mass is 79.9. The third-order valence-electron chi connectivity index (χ3n) is 4.69. The smallest absolute Gasteiger partial charge is 0.256 e. The van der Waals surface area contributed by atoms with Gasteiger partial charge in [-0.25, -0.2) is 0 Å². The summed E-state index contributed by atoms with van der Waals surface area (Å²) in [4.78, 5) is 12.8. The Morgan fingerprint density at radius 1 is 0.970 bits per heavy atom. The molecule has 9 heteroatoms. The summed E-state index contributed by atoms with van der Waals surface area (Å²) in [5.41, 5.74) is 2.34. The molecule has 0 radical (unpaired) electrons. The number of hydrogen-bond acceptors (Lipinski definition) is 3. The van der Waals surface area contributed by atoms with Gasteiger partial charge in [0.25, 0.3) is 5.91 Å². The zero-order chi connectivity index (χ0) is 23.4. The molecule has 0 aliphatic rings. The number of nitrogens with one attached hydrogen (secondary N) is 1. The van der Waals surface area contributed by atoms with Crippen molar-refractivity contribution in [1.29, 1.82) is 0 Å². The molecule has 0 fully saturated rings. The van der Waals surface area contributed by atoms with Gasteiger partial charge in [0.05, 0.1) is 21.1 Å². The second kappa shape index (κ2) is 10.7. The van der Waals surface area contributed by atoms with E-state index < -0.39 is 0 Å². The van der Waals surface area contributed by atoms with E-state index in [1.165, 1.54) is 0 Å². The Bertz CT molecular complexity index is 1290. The van der Waals surface area contributed by atoms with Crippen molar-refractivity contribution in [2.45, 2.75) is 13.2 Å². The Balaban J connectivity index is 1.41. The zero-order valence-corrected chi connectivity index (χ0v) is 21.7. The van der Waals surface area contributed by atoms with E-state index in [0.29, 0.717) is 39.1 Å². The molecule has 4 rings (SSSR count). The number of benzene rings is 3. The molecule has 0 bridgehead atoms. The first-order valence-electron chi connectivity index (χ1n) is 9.83. The SMILES string of the molecule is O=C(Nc1nn(Cc2ccc(Cl)c(Cl)c2)cc1Br)c1cccc(COc2ccc(Br)cc2)c1. The second-order valence-electron chi connectivity index (χ2n) is 7.17. The van der Waals surface area contributed by atoms with Crippen molar-refractivity contribution in [1.82, 2.24) is 9.78 Å². The normalized spacial score (nSPS) is 10.8. The molecule has 0 saturated heterocycles. The number of hydrogen-bond donors (Lipinski definition) is 1. The van der Waals surface area contributed by atoms with Crippen molar-refractivity contribution < 1.29 is 9.53 Å². The van der Waals surface area contributed by atoms with Crippen molar-refractivity contribution in [2.75, 3.05) is 5.32 Å². The summed E-state index contributed by atoms with van der Waals surface area (Å²) in [5, 5.41) is 8.29. The summed E-state index contributed by atoms with van der Waals surface area (Å²) >= 11 is 18.9. The van der Waals surface area contributed by atoms with Gasteiger partial charge in [0.2, 0.25) is 0 Å². The van der Waals surface area contributed by atoms with Gasteiger partial charge in [0.1, 0.15) is 12.4 Å². The number of aromatic nitrogens is 2. The topological polar surface area (TPSA) is 56.2 Å². The van der Waals surface area contributed by atoms with Crippen LogP contribution in [-0.4, -0.2) is 15.7 Å². The number of carbonyl (C=O) groups excluding carboxylic acids is 1. The molecule has 168 valence electrons. The average molecular weight is 610 g/mol. The van der Waals surface area contributed by atoms with Crippen molar-refractivity contribution in [3.63, 3.8) is 0 Å². The summed E-state index contributed by atoms with van der Waals surface area (Å²) in [6, 6.07) is 20.3. The van der Waals surface area contributed by atoms with Crippen LogP contribution in [0.25, 0.3) is 0 Å². The van der Waals surface area contributed by atoms with E-state index in [0.717, 1.165) is 21.3 Å². The van der Waals surface area contributed by atoms with Gasteiger partial charge in [0, 0.05) is 16.2 Å². The molecule has 1 heterocycles. The van der Waals surface area contributed by atoms with Crippen LogP contribution < -0.4 is 10.1 Å². The molecule has 0 saturated carbocycles. The molecule has 0 aliphatic heterocycles. The Morgan fingerprint density at radius 2 is 1.76 bits per heavy atom. The molecule has 1 aromatic heterocycles. The molecule has 4 aromatic rings. The summed E-state index contributed by atoms with van der Waals surface area (Å²) in [5.74, 6) is 0.919. The zero-order valence-electron chi connectivity index (χ0n) is 17.1. The lowest BCUT2D eigenvalue weighted by molar-refractivity contribution is 0.102. The van der Waals surface area contributed by atoms with Gasteiger partial charge in [-0.3, -0.25) is 9.48 Å². The van der Waals surface area contributed by atoms with Gasteiger partial charge < -0.3 is 10.1 Å². The van der Waals surface area contributed by atoms with Crippen LogP contribution in [0.5, 0.6) is 5.75 Å². The van der Waals surface area contributed by atoms with Gasteiger partial charge in [-0.15, -0.1) is 0 Å². The van der Waals surface area contributed by atoms with Crippen LogP contribution in [0, 0.1) is 0 Å². The summed E-state index contributed by atoms with van der Waals surface area (Å²) < 4.78 is 9.17. The fraction of sp³-hybridized carbons (Fsp3) is 0.0833. The van der Waals surface area contributed by atoms with Gasteiger partial charge in [0.15, 0.2) is 5.82 Å². The number of amides is 1. The molecule has 5 nitrogen and oxygen atoms in total. The summed E-state index contributed by atoms with van der Waals surface area (Å²) in [6.07, 6.45) is 1.79. The quantitative estimate of drug-likeness (QED) is 0.235. The van der Waals surface area contributed by atoms with Crippen LogP contribution in [0.1, 0.15) is 21.5 Å². The highest BCUT2D eigenvalue weighted by Gasteiger charge is 2.13. The van der Waals surface area contributed by atoms with E-state index in [2.05, 4.69) is 42.3 Å². The first kappa shape index (κ1) is 23.8. The van der Waals surface area contributed by atoms with Crippen LogP contribution in [0.4, 0.5) is 5.82 Å². The summed E-state index contributed by atoms with van der Waals surface area (Å²) in [7, 11) is 0. The van der Waals surface area contributed by atoms with E-state index >= 15 is 0 Å². The number of carbonyl (C=O) groups is 1. The third kappa shape index (κ3) is 6.38. The first-order chi connectivity index (χ1) is 15.9. The van der Waals surface area contributed by atoms with Gasteiger partial charge in [-0.05, 0) is 75.6 Å². The van der Waals surface area contributed by atoms with Crippen LogP contribution in [-0.2, 0) is 13.2 Å². The maximum Gasteiger partial charge on any atom is 0.256 e. The lowest BCUT2D eigenvalue weighted by atomic mass is 10.1. The molecule has 0 atom stereocenters. The van der Waals surface area contributed by atoms with E-state index in [1.54, 1.807) is 35.1 Å². The highest BCUT2D eigenvalue weighted by molar-refractivity contribution is 9.10. The molecule has 3 aromatic carbocycles. The van der Waals surface area contributed by atoms with E-state index in [4.69, 9.17) is 27.9 Å². The van der Waals surface area contributed by atoms with E-state index in [-0.39, 0.29) is 5.91 Å². The number of nitrogens with zero attached hydrogens (tertiary/aromatic N) is 2. The third-order valence-corrected chi connectivity index (χ3v) is 6.53. The van der Waals surface area contributed by atoms with Gasteiger partial charge in [-0.2, -0.15) is 5.10 Å². The van der Waals surface area contributed by atoms with Crippen molar-refractivity contribution in [3.8, 4) is 5.75 Å². The minimum atomic E-state index is -0.263. The molecule has 33 heavy (non-hydrogen) atoms. The number of rotatable bonds is 7. The van der Waals surface area contributed by atoms with Gasteiger partial charge >= 0.3 is 0 Å². The van der Waals surface area contributed by atoms with Crippen LogP contribution in [0.2, 0.25) is 10.0 Å². The standard InChI is InChI=1S/C24H17Br2Cl2N3O2/c25-18-5-7-19(8-6-18)33-14-16-2-1-3-17(10-16)24(32)29-23-20(26)13-31(30-23)12-15-4-9-21(27)22(28)11-15/h1-11,13H,12,14H2,(H,29,30,32). The maximum absolute atomic E-state index is 12.8. The second-order valence-corrected chi connectivity index (χ2v) is 9.75. The molecule has 0 spiro atoms. The molecule has 1 N–H and O–H groups in total. The van der Waals surface area contributed by atoms with E-state index in [1.807, 2.05) is 42.5 Å². The van der Waals surface area contributed by atoms with Crippen molar-refractivity contribution in [2.24, 2.45) is 0 Å². The Morgan fingerprint density at radius 3 is 2.52 bits per heavy atom. The van der Waals surface area contributed by atoms with Crippen molar-refractivity contribution >= 4 is 66.8 Å². The predicted octanol–water partition coefficient (Wildman–Crippen LogP) is 7.59. The van der Waals surface area contributed by atoms with Gasteiger partial charge in [-0.1, -0.05) is 57.3 Å². The van der Waals surface area contributed by atoms with E-state index in [9.17, 15) is 4.79 Å². The van der Waals surface area contributed by atoms with Crippen LogP contribution in [0.3, 0.4) is 0 Å². The Kier molecular flexibility index (Phi) is 7.75. The highest BCUT2D eigenvalue weighted by Crippen LogP contribution is 2.25. The number of ether oxygens (including phenoxy) is 1. The lowest BCUT2D eigenvalue weighted by Crippen LogP contribution is -2.13. The number of halogens is 4. The molecular weight excluding hydrogens is 593 g/mol. The average Bonchev–Trinajstić information content (AvgIpc) is 3.14.